The normalized spacial score (nSPS) is 16.9. The van der Waals surface area contributed by atoms with E-state index in [2.05, 4.69) is 0 Å². The minimum atomic E-state index is -0.711. The Morgan fingerprint density at radius 2 is 2.00 bits per heavy atom. The number of hydrogen-bond donors (Lipinski definition) is 1. The number of aliphatic hydroxyl groups is 1. The fourth-order valence-electron chi connectivity index (χ4n) is 2.43. The quantitative estimate of drug-likeness (QED) is 0.892. The average Bonchev–Trinajstić information content (AvgIpc) is 2.48. The van der Waals surface area contributed by atoms with Gasteiger partial charge in [-0.3, -0.25) is 4.79 Å². The summed E-state index contributed by atoms with van der Waals surface area (Å²) in [5, 5.41) is 10.3. The molecule has 1 fully saturated rings. The zero-order valence-corrected chi connectivity index (χ0v) is 12.0. The van der Waals surface area contributed by atoms with E-state index in [1.54, 1.807) is 37.3 Å². The first kappa shape index (κ1) is 14.7. The zero-order chi connectivity index (χ0) is 14.5. The second-order valence-electron chi connectivity index (χ2n) is 4.93. The summed E-state index contributed by atoms with van der Waals surface area (Å²) in [4.78, 5) is 13.5. The number of rotatable bonds is 5. The van der Waals surface area contributed by atoms with Crippen molar-refractivity contribution in [3.63, 3.8) is 0 Å². The third-order valence-corrected chi connectivity index (χ3v) is 3.61. The molecule has 1 aliphatic heterocycles. The van der Waals surface area contributed by atoms with E-state index in [0.717, 1.165) is 24.9 Å². The zero-order valence-electron chi connectivity index (χ0n) is 12.0. The van der Waals surface area contributed by atoms with E-state index < -0.39 is 6.10 Å². The fourth-order valence-corrected chi connectivity index (χ4v) is 2.43. The van der Waals surface area contributed by atoms with E-state index in [1.165, 1.54) is 0 Å². The SMILES string of the molecule is COc1ccc(C(O)CN2CCCCC2=O)cc1OC. The molecule has 20 heavy (non-hydrogen) atoms. The van der Waals surface area contributed by atoms with Crippen LogP contribution in [-0.4, -0.2) is 43.2 Å². The molecule has 1 aliphatic rings. The minimum Gasteiger partial charge on any atom is -0.493 e. The maximum absolute atomic E-state index is 11.8. The molecule has 0 aliphatic carbocycles. The van der Waals surface area contributed by atoms with Crippen LogP contribution in [0.15, 0.2) is 18.2 Å². The van der Waals surface area contributed by atoms with Crippen LogP contribution < -0.4 is 9.47 Å². The third-order valence-electron chi connectivity index (χ3n) is 3.61. The van der Waals surface area contributed by atoms with Gasteiger partial charge in [0.1, 0.15) is 0 Å². The molecule has 0 radical (unpaired) electrons. The molecule has 1 heterocycles. The number of amides is 1. The molecule has 1 aromatic carbocycles. The van der Waals surface area contributed by atoms with E-state index in [9.17, 15) is 9.90 Å². The van der Waals surface area contributed by atoms with Crippen molar-refractivity contribution in [3.05, 3.63) is 23.8 Å². The van der Waals surface area contributed by atoms with E-state index >= 15 is 0 Å². The minimum absolute atomic E-state index is 0.121. The standard InChI is InChI=1S/C15H21NO4/c1-19-13-7-6-11(9-14(13)20-2)12(17)10-16-8-4-3-5-15(16)18/h6-7,9,12,17H,3-5,8,10H2,1-2H3. The number of hydrogen-bond acceptors (Lipinski definition) is 4. The molecule has 1 unspecified atom stereocenters. The molecule has 1 atom stereocenters. The highest BCUT2D eigenvalue weighted by Crippen LogP contribution is 2.30. The number of benzene rings is 1. The van der Waals surface area contributed by atoms with Crippen molar-refractivity contribution in [1.29, 1.82) is 0 Å². The van der Waals surface area contributed by atoms with Crippen LogP contribution in [0.3, 0.4) is 0 Å². The van der Waals surface area contributed by atoms with Crippen molar-refractivity contribution in [2.75, 3.05) is 27.3 Å². The van der Waals surface area contributed by atoms with Crippen LogP contribution in [0.25, 0.3) is 0 Å². The Morgan fingerprint density at radius 1 is 1.25 bits per heavy atom. The molecule has 0 bridgehead atoms. The second kappa shape index (κ2) is 6.61. The van der Waals surface area contributed by atoms with Gasteiger partial charge >= 0.3 is 0 Å². The lowest BCUT2D eigenvalue weighted by Gasteiger charge is -2.29. The Kier molecular flexibility index (Phi) is 4.84. The maximum atomic E-state index is 11.8. The van der Waals surface area contributed by atoms with Gasteiger partial charge in [-0.15, -0.1) is 0 Å². The van der Waals surface area contributed by atoms with Gasteiger partial charge in [-0.25, -0.2) is 0 Å². The van der Waals surface area contributed by atoms with Crippen LogP contribution in [0.4, 0.5) is 0 Å². The molecule has 5 nitrogen and oxygen atoms in total. The summed E-state index contributed by atoms with van der Waals surface area (Å²) >= 11 is 0. The van der Waals surface area contributed by atoms with Gasteiger partial charge in [-0.05, 0) is 30.5 Å². The monoisotopic (exact) mass is 279 g/mol. The Bertz CT molecular complexity index is 475. The fraction of sp³-hybridized carbons (Fsp3) is 0.533. The molecule has 1 amide bonds. The highest BCUT2D eigenvalue weighted by atomic mass is 16.5. The number of nitrogens with zero attached hydrogens (tertiary/aromatic N) is 1. The first-order chi connectivity index (χ1) is 9.65. The largest absolute Gasteiger partial charge is 0.493 e. The van der Waals surface area contributed by atoms with Crippen LogP contribution in [0.1, 0.15) is 30.9 Å². The van der Waals surface area contributed by atoms with E-state index in [4.69, 9.17) is 9.47 Å². The van der Waals surface area contributed by atoms with E-state index in [0.29, 0.717) is 24.5 Å². The molecule has 5 heteroatoms. The molecular formula is C15H21NO4. The van der Waals surface area contributed by atoms with Gasteiger partial charge in [0.15, 0.2) is 11.5 Å². The first-order valence-electron chi connectivity index (χ1n) is 6.83. The van der Waals surface area contributed by atoms with Crippen molar-refractivity contribution in [2.24, 2.45) is 0 Å². The topological polar surface area (TPSA) is 59.0 Å². The van der Waals surface area contributed by atoms with Crippen LogP contribution in [0.2, 0.25) is 0 Å². The third kappa shape index (κ3) is 3.22. The highest BCUT2D eigenvalue weighted by Gasteiger charge is 2.22. The Morgan fingerprint density at radius 3 is 2.65 bits per heavy atom. The summed E-state index contributed by atoms with van der Waals surface area (Å²) in [5.74, 6) is 1.32. The lowest BCUT2D eigenvalue weighted by atomic mass is 10.1. The Balaban J connectivity index is 2.08. The maximum Gasteiger partial charge on any atom is 0.222 e. The lowest BCUT2D eigenvalue weighted by Crippen LogP contribution is -2.38. The Hall–Kier alpha value is -1.75. The molecule has 0 aromatic heterocycles. The molecule has 1 N–H and O–H groups in total. The van der Waals surface area contributed by atoms with Crippen molar-refractivity contribution in [2.45, 2.75) is 25.4 Å². The number of likely N-dealkylation sites (tertiary alicyclic amines) is 1. The summed E-state index contributed by atoms with van der Waals surface area (Å²) in [6.07, 6.45) is 1.82. The molecule has 0 saturated carbocycles. The number of aliphatic hydroxyl groups excluding tert-OH is 1. The molecule has 2 rings (SSSR count). The molecule has 1 aromatic rings. The van der Waals surface area contributed by atoms with Crippen LogP contribution in [0.5, 0.6) is 11.5 Å². The van der Waals surface area contributed by atoms with Gasteiger partial charge in [0.05, 0.1) is 26.9 Å². The molecule has 110 valence electrons. The van der Waals surface area contributed by atoms with Gasteiger partial charge in [-0.2, -0.15) is 0 Å². The molecular weight excluding hydrogens is 258 g/mol. The van der Waals surface area contributed by atoms with Gasteiger partial charge in [-0.1, -0.05) is 6.07 Å². The summed E-state index contributed by atoms with van der Waals surface area (Å²) in [6, 6.07) is 5.30. The van der Waals surface area contributed by atoms with Crippen molar-refractivity contribution >= 4 is 5.91 Å². The summed E-state index contributed by atoms with van der Waals surface area (Å²) in [7, 11) is 3.13. The number of carbonyl (C=O) groups is 1. The van der Waals surface area contributed by atoms with Gasteiger partial charge in [0.2, 0.25) is 5.91 Å². The number of ether oxygens (including phenoxy) is 2. The predicted octanol–water partition coefficient (Wildman–Crippen LogP) is 1.75. The first-order valence-corrected chi connectivity index (χ1v) is 6.83. The van der Waals surface area contributed by atoms with E-state index in [-0.39, 0.29) is 5.91 Å². The molecule has 1 saturated heterocycles. The lowest BCUT2D eigenvalue weighted by molar-refractivity contribution is -0.134. The number of carbonyl (C=O) groups excluding carboxylic acids is 1. The van der Waals surface area contributed by atoms with Crippen molar-refractivity contribution < 1.29 is 19.4 Å². The number of β-amino-alcohol motifs (C(OH)–C–C–N with tert-alkyl or cyclic N) is 1. The van der Waals surface area contributed by atoms with Crippen molar-refractivity contribution in [1.82, 2.24) is 4.90 Å². The van der Waals surface area contributed by atoms with Crippen LogP contribution in [-0.2, 0) is 4.79 Å². The molecule has 0 spiro atoms. The predicted molar refractivity (Wildman–Crippen MR) is 74.9 cm³/mol. The van der Waals surface area contributed by atoms with Crippen molar-refractivity contribution in [3.8, 4) is 11.5 Å². The van der Waals surface area contributed by atoms with Crippen LogP contribution in [0, 0.1) is 0 Å². The van der Waals surface area contributed by atoms with Gasteiger partial charge in [0, 0.05) is 13.0 Å². The van der Waals surface area contributed by atoms with Gasteiger partial charge < -0.3 is 19.5 Å². The van der Waals surface area contributed by atoms with Gasteiger partial charge in [0.25, 0.3) is 0 Å². The van der Waals surface area contributed by atoms with Crippen LogP contribution >= 0.6 is 0 Å². The number of methoxy groups -OCH3 is 2. The highest BCUT2D eigenvalue weighted by molar-refractivity contribution is 5.76. The second-order valence-corrected chi connectivity index (χ2v) is 4.93. The average molecular weight is 279 g/mol. The van der Waals surface area contributed by atoms with E-state index in [1.807, 2.05) is 0 Å². The summed E-state index contributed by atoms with van der Waals surface area (Å²) in [6.45, 7) is 1.05. The summed E-state index contributed by atoms with van der Waals surface area (Å²) < 4.78 is 10.4. The smallest absolute Gasteiger partial charge is 0.222 e. The number of piperidine rings is 1. The summed E-state index contributed by atoms with van der Waals surface area (Å²) in [5.41, 5.74) is 0.723. The Labute approximate surface area is 119 Å².